The van der Waals surface area contributed by atoms with Crippen LogP contribution in [0.2, 0.25) is 0 Å². The molecule has 2 unspecified atom stereocenters. The van der Waals surface area contributed by atoms with Crippen LogP contribution < -0.4 is 0 Å². The van der Waals surface area contributed by atoms with Crippen LogP contribution in [0.1, 0.15) is 70.2 Å². The zero-order valence-corrected chi connectivity index (χ0v) is 24.7. The molecular weight excluding hydrogens is 517 g/mol. The maximum atomic E-state index is 10.4. The first-order chi connectivity index (χ1) is 17.5. The van der Waals surface area contributed by atoms with Gasteiger partial charge in [0.1, 0.15) is 11.5 Å². The summed E-state index contributed by atoms with van der Waals surface area (Å²) in [5.41, 5.74) is 1.72. The van der Waals surface area contributed by atoms with Crippen molar-refractivity contribution in [1.82, 2.24) is 4.90 Å². The normalized spacial score (nSPS) is 12.9. The minimum Gasteiger partial charge on any atom is -0.508 e. The standard InChI is InChI=1S/C21H27Cl2NO2.C6H16O3Si/c1-2-15-24(18(11-13-22)16-7-3-5-9-20(16)25)19(12-14-23)17-8-4-6-10-21(17)26;1-4-7-10(8-5-2)9-6-3/h3-10,18-19,25-26H,2,11-15H2,1H3;10H,4-6H2,1-3H3. The van der Waals surface area contributed by atoms with Gasteiger partial charge in [-0.1, -0.05) is 43.3 Å². The molecule has 36 heavy (non-hydrogen) atoms. The number of phenolic OH excluding ortho intramolecular Hbond substituents is 2. The Labute approximate surface area is 229 Å². The molecule has 0 heterocycles. The first-order valence-electron chi connectivity index (χ1n) is 12.8. The van der Waals surface area contributed by atoms with Crippen molar-refractivity contribution >= 4 is 32.7 Å². The second-order valence-corrected chi connectivity index (χ2v) is 10.3. The lowest BCUT2D eigenvalue weighted by Crippen LogP contribution is -2.34. The highest BCUT2D eigenvalue weighted by Crippen LogP contribution is 2.40. The van der Waals surface area contributed by atoms with E-state index in [2.05, 4.69) is 11.8 Å². The smallest absolute Gasteiger partial charge is 0.484 e. The first kappa shape index (κ1) is 32.7. The fourth-order valence-corrected chi connectivity index (χ4v) is 5.60. The van der Waals surface area contributed by atoms with Crippen LogP contribution in [-0.4, -0.2) is 62.8 Å². The second-order valence-electron chi connectivity index (χ2n) is 8.00. The summed E-state index contributed by atoms with van der Waals surface area (Å²) in [6.07, 6.45) is 2.34. The summed E-state index contributed by atoms with van der Waals surface area (Å²) in [5, 5.41) is 20.8. The van der Waals surface area contributed by atoms with Gasteiger partial charge in [-0.05, 0) is 58.7 Å². The lowest BCUT2D eigenvalue weighted by atomic mass is 9.94. The molecule has 2 N–H and O–H groups in total. The fraction of sp³-hybridized carbons (Fsp3) is 0.556. The van der Waals surface area contributed by atoms with Crippen LogP contribution in [0.4, 0.5) is 0 Å². The number of hydrogen-bond acceptors (Lipinski definition) is 6. The van der Waals surface area contributed by atoms with Crippen LogP contribution in [0.5, 0.6) is 11.5 Å². The number of hydrogen-bond donors (Lipinski definition) is 2. The molecular formula is C27H43Cl2NO5Si. The molecule has 0 aliphatic rings. The fourth-order valence-electron chi connectivity index (χ4n) is 4.08. The van der Waals surface area contributed by atoms with Crippen LogP contribution in [0.3, 0.4) is 0 Å². The highest BCUT2D eigenvalue weighted by molar-refractivity contribution is 6.36. The van der Waals surface area contributed by atoms with E-state index in [0.29, 0.717) is 44.4 Å². The van der Waals surface area contributed by atoms with Gasteiger partial charge in [0.25, 0.3) is 0 Å². The number of nitrogens with zero attached hydrogens (tertiary/aromatic N) is 1. The van der Waals surface area contributed by atoms with Gasteiger partial charge < -0.3 is 23.5 Å². The summed E-state index contributed by atoms with van der Waals surface area (Å²) in [6, 6.07) is 14.7. The Morgan fingerprint density at radius 1 is 0.722 bits per heavy atom. The van der Waals surface area contributed by atoms with Crippen LogP contribution in [0, 0.1) is 0 Å². The SMILES string of the molecule is CCCN(C(CCCl)c1ccccc1O)C(CCCl)c1ccccc1O.CCO[SiH](OCC)OCC. The third-order valence-corrected chi connectivity index (χ3v) is 7.80. The van der Waals surface area contributed by atoms with Gasteiger partial charge in [-0.15, -0.1) is 23.2 Å². The van der Waals surface area contributed by atoms with E-state index in [1.165, 1.54) is 0 Å². The van der Waals surface area contributed by atoms with Crippen molar-refractivity contribution in [2.24, 2.45) is 0 Å². The highest BCUT2D eigenvalue weighted by Gasteiger charge is 2.30. The van der Waals surface area contributed by atoms with Crippen LogP contribution in [0.15, 0.2) is 48.5 Å². The minimum atomic E-state index is -1.73. The molecule has 0 aliphatic carbocycles. The summed E-state index contributed by atoms with van der Waals surface area (Å²) in [6.45, 7) is 10.8. The van der Waals surface area contributed by atoms with Crippen molar-refractivity contribution in [1.29, 1.82) is 0 Å². The molecule has 0 saturated carbocycles. The number of para-hydroxylation sites is 2. The minimum absolute atomic E-state index is 0.0542. The van der Waals surface area contributed by atoms with Gasteiger partial charge in [0, 0.05) is 54.8 Å². The van der Waals surface area contributed by atoms with Crippen LogP contribution >= 0.6 is 23.2 Å². The number of rotatable bonds is 16. The largest absolute Gasteiger partial charge is 0.508 e. The van der Waals surface area contributed by atoms with Gasteiger partial charge in [-0.2, -0.15) is 0 Å². The van der Waals surface area contributed by atoms with Gasteiger partial charge in [0.15, 0.2) is 0 Å². The van der Waals surface area contributed by atoms with Crippen molar-refractivity contribution in [2.45, 2.75) is 59.0 Å². The zero-order valence-electron chi connectivity index (χ0n) is 22.0. The van der Waals surface area contributed by atoms with E-state index in [-0.39, 0.29) is 23.6 Å². The Morgan fingerprint density at radius 3 is 1.42 bits per heavy atom. The topological polar surface area (TPSA) is 71.4 Å². The third-order valence-electron chi connectivity index (χ3n) is 5.55. The molecule has 2 rings (SSSR count). The number of phenols is 2. The molecule has 0 fully saturated rings. The maximum absolute atomic E-state index is 10.4. The van der Waals surface area contributed by atoms with Crippen molar-refractivity contribution in [3.05, 3.63) is 59.7 Å². The van der Waals surface area contributed by atoms with Gasteiger partial charge in [0.2, 0.25) is 0 Å². The predicted octanol–water partition coefficient (Wildman–Crippen LogP) is 6.66. The van der Waals surface area contributed by atoms with Gasteiger partial charge in [-0.3, -0.25) is 4.90 Å². The van der Waals surface area contributed by atoms with E-state index < -0.39 is 9.53 Å². The summed E-state index contributed by atoms with van der Waals surface area (Å²) < 4.78 is 15.7. The summed E-state index contributed by atoms with van der Waals surface area (Å²) >= 11 is 12.2. The average Bonchev–Trinajstić information content (AvgIpc) is 2.87. The van der Waals surface area contributed by atoms with Crippen LogP contribution in [0.25, 0.3) is 0 Å². The molecule has 0 radical (unpaired) electrons. The lowest BCUT2D eigenvalue weighted by molar-refractivity contribution is 0.107. The average molecular weight is 561 g/mol. The summed E-state index contributed by atoms with van der Waals surface area (Å²) in [4.78, 5) is 2.31. The highest BCUT2D eigenvalue weighted by atomic mass is 35.5. The van der Waals surface area contributed by atoms with E-state index in [9.17, 15) is 10.2 Å². The number of benzene rings is 2. The Hall–Kier alpha value is -1.32. The number of alkyl halides is 2. The summed E-state index contributed by atoms with van der Waals surface area (Å²) in [7, 11) is -1.73. The third kappa shape index (κ3) is 11.0. The van der Waals surface area contributed by atoms with Crippen molar-refractivity contribution in [2.75, 3.05) is 38.1 Å². The molecule has 6 nitrogen and oxygen atoms in total. The van der Waals surface area contributed by atoms with Crippen molar-refractivity contribution < 1.29 is 23.5 Å². The van der Waals surface area contributed by atoms with Crippen molar-refractivity contribution in [3.8, 4) is 11.5 Å². The first-order valence-corrected chi connectivity index (χ1v) is 15.2. The monoisotopic (exact) mass is 559 g/mol. The Bertz CT molecular complexity index is 762. The molecule has 0 bridgehead atoms. The molecule has 2 atom stereocenters. The number of halogens is 2. The molecule has 2 aromatic carbocycles. The van der Waals surface area contributed by atoms with E-state index in [1.807, 2.05) is 57.2 Å². The second kappa shape index (κ2) is 19.7. The Balaban J connectivity index is 0.000000548. The van der Waals surface area contributed by atoms with E-state index in [0.717, 1.165) is 24.1 Å². The Morgan fingerprint density at radius 2 is 1.11 bits per heavy atom. The van der Waals surface area contributed by atoms with Crippen molar-refractivity contribution in [3.63, 3.8) is 0 Å². The zero-order chi connectivity index (χ0) is 26.8. The van der Waals surface area contributed by atoms with E-state index in [4.69, 9.17) is 36.5 Å². The Kier molecular flexibility index (Phi) is 17.9. The van der Waals surface area contributed by atoms with Gasteiger partial charge in [-0.25, -0.2) is 0 Å². The molecule has 204 valence electrons. The molecule has 0 amide bonds. The molecule has 2 aromatic rings. The quantitative estimate of drug-likeness (QED) is 0.177. The van der Waals surface area contributed by atoms with Gasteiger partial charge >= 0.3 is 9.53 Å². The predicted molar refractivity (Wildman–Crippen MR) is 151 cm³/mol. The molecule has 0 aromatic heterocycles. The van der Waals surface area contributed by atoms with E-state index in [1.54, 1.807) is 12.1 Å². The van der Waals surface area contributed by atoms with E-state index >= 15 is 0 Å². The molecule has 0 spiro atoms. The number of aromatic hydroxyl groups is 2. The molecule has 0 aliphatic heterocycles. The van der Waals surface area contributed by atoms with Gasteiger partial charge in [0.05, 0.1) is 0 Å². The molecule has 0 saturated heterocycles. The van der Waals surface area contributed by atoms with Crippen LogP contribution in [-0.2, 0) is 13.3 Å². The molecule has 9 heteroatoms. The summed E-state index contributed by atoms with van der Waals surface area (Å²) in [5.74, 6) is 1.50. The lowest BCUT2D eigenvalue weighted by Gasteiger charge is -2.39. The maximum Gasteiger partial charge on any atom is 0.484 e.